The van der Waals surface area contributed by atoms with Gasteiger partial charge in [-0.25, -0.2) is 0 Å². The lowest BCUT2D eigenvalue weighted by Crippen LogP contribution is -2.42. The van der Waals surface area contributed by atoms with E-state index >= 15 is 0 Å². The van der Waals surface area contributed by atoms with Crippen molar-refractivity contribution < 1.29 is 14.3 Å². The maximum Gasteiger partial charge on any atom is 0.240 e. The van der Waals surface area contributed by atoms with Gasteiger partial charge in [0, 0.05) is 24.2 Å². The van der Waals surface area contributed by atoms with Crippen molar-refractivity contribution in [1.29, 1.82) is 0 Å². The zero-order valence-electron chi connectivity index (χ0n) is 13.0. The van der Waals surface area contributed by atoms with Crippen LogP contribution in [0.2, 0.25) is 5.02 Å². The van der Waals surface area contributed by atoms with Gasteiger partial charge in [-0.15, -0.1) is 0 Å². The summed E-state index contributed by atoms with van der Waals surface area (Å²) in [6.45, 7) is 1.40. The molecule has 2 N–H and O–H groups in total. The van der Waals surface area contributed by atoms with E-state index in [1.54, 1.807) is 17.0 Å². The molecule has 0 spiro atoms. The van der Waals surface area contributed by atoms with Crippen LogP contribution < -0.4 is 15.2 Å². The highest BCUT2D eigenvalue weighted by molar-refractivity contribution is 6.31. The van der Waals surface area contributed by atoms with E-state index in [0.717, 1.165) is 5.56 Å². The Labute approximate surface area is 144 Å². The molecule has 124 valence electrons. The van der Waals surface area contributed by atoms with Crippen molar-refractivity contribution in [3.05, 3.63) is 58.1 Å². The molecule has 0 aromatic heterocycles. The molecule has 1 unspecified atom stereocenters. The molecule has 0 bridgehead atoms. The standard InChI is InChI=1S/C18H17ClN2O3/c19-14-7-17-16(23-10-24-17)6-13(14)5-15(20)18(22)21-8-11-3-1-2-4-12(11)9-21/h1-4,6-7,15H,5,8-10,20H2. The molecule has 6 heteroatoms. The minimum Gasteiger partial charge on any atom is -0.454 e. The van der Waals surface area contributed by atoms with Crippen molar-refractivity contribution in [3.63, 3.8) is 0 Å². The Kier molecular flexibility index (Phi) is 3.82. The minimum atomic E-state index is -0.641. The van der Waals surface area contributed by atoms with Crippen molar-refractivity contribution in [2.45, 2.75) is 25.6 Å². The number of carbonyl (C=O) groups is 1. The van der Waals surface area contributed by atoms with Gasteiger partial charge < -0.3 is 20.1 Å². The zero-order chi connectivity index (χ0) is 16.7. The molecular weight excluding hydrogens is 328 g/mol. The molecule has 0 fully saturated rings. The molecule has 2 aliphatic rings. The number of amides is 1. The van der Waals surface area contributed by atoms with Crippen LogP contribution >= 0.6 is 11.6 Å². The van der Waals surface area contributed by atoms with Crippen molar-refractivity contribution >= 4 is 17.5 Å². The van der Waals surface area contributed by atoms with Gasteiger partial charge in [-0.05, 0) is 29.2 Å². The molecule has 2 heterocycles. The van der Waals surface area contributed by atoms with E-state index in [4.69, 9.17) is 26.8 Å². The second-order valence-corrected chi connectivity index (χ2v) is 6.48. The summed E-state index contributed by atoms with van der Waals surface area (Å²) in [6, 6.07) is 10.9. The molecular formula is C18H17ClN2O3. The summed E-state index contributed by atoms with van der Waals surface area (Å²) in [7, 11) is 0. The highest BCUT2D eigenvalue weighted by Gasteiger charge is 2.28. The van der Waals surface area contributed by atoms with Crippen LogP contribution in [0.4, 0.5) is 0 Å². The van der Waals surface area contributed by atoms with Gasteiger partial charge in [0.2, 0.25) is 12.7 Å². The van der Waals surface area contributed by atoms with E-state index in [1.165, 1.54) is 11.1 Å². The normalized spacial score (nSPS) is 16.2. The smallest absolute Gasteiger partial charge is 0.240 e. The molecule has 4 rings (SSSR count). The first-order chi connectivity index (χ1) is 11.6. The zero-order valence-corrected chi connectivity index (χ0v) is 13.8. The maximum atomic E-state index is 12.7. The molecule has 1 atom stereocenters. The Bertz CT molecular complexity index is 784. The molecule has 2 aromatic rings. The second-order valence-electron chi connectivity index (χ2n) is 6.07. The predicted molar refractivity (Wildman–Crippen MR) is 90.0 cm³/mol. The largest absolute Gasteiger partial charge is 0.454 e. The van der Waals surface area contributed by atoms with Crippen LogP contribution in [0.1, 0.15) is 16.7 Å². The Hall–Kier alpha value is -2.24. The van der Waals surface area contributed by atoms with Crippen LogP contribution in [0.25, 0.3) is 0 Å². The third-order valence-corrected chi connectivity index (χ3v) is 4.80. The second kappa shape index (κ2) is 6.00. The molecule has 2 aliphatic heterocycles. The first-order valence-corrected chi connectivity index (χ1v) is 8.19. The van der Waals surface area contributed by atoms with Crippen LogP contribution in [0.15, 0.2) is 36.4 Å². The lowest BCUT2D eigenvalue weighted by Gasteiger charge is -2.20. The van der Waals surface area contributed by atoms with Gasteiger partial charge in [0.25, 0.3) is 0 Å². The van der Waals surface area contributed by atoms with Crippen LogP contribution in [0, 0.1) is 0 Å². The number of hydrogen-bond acceptors (Lipinski definition) is 4. The quantitative estimate of drug-likeness (QED) is 0.929. The van der Waals surface area contributed by atoms with E-state index in [2.05, 4.69) is 0 Å². The summed E-state index contributed by atoms with van der Waals surface area (Å²) < 4.78 is 10.7. The Balaban J connectivity index is 1.47. The summed E-state index contributed by atoms with van der Waals surface area (Å²) in [4.78, 5) is 14.5. The highest BCUT2D eigenvalue weighted by atomic mass is 35.5. The lowest BCUT2D eigenvalue weighted by atomic mass is 10.0. The van der Waals surface area contributed by atoms with Gasteiger partial charge in [-0.2, -0.15) is 0 Å². The van der Waals surface area contributed by atoms with Crippen LogP contribution in [-0.2, 0) is 24.3 Å². The van der Waals surface area contributed by atoms with E-state index in [9.17, 15) is 4.79 Å². The Morgan fingerprint density at radius 1 is 1.17 bits per heavy atom. The highest BCUT2D eigenvalue weighted by Crippen LogP contribution is 2.37. The number of halogens is 1. The number of benzene rings is 2. The fourth-order valence-corrected chi connectivity index (χ4v) is 3.39. The molecule has 0 saturated heterocycles. The lowest BCUT2D eigenvalue weighted by molar-refractivity contribution is -0.133. The van der Waals surface area contributed by atoms with E-state index in [0.29, 0.717) is 36.0 Å². The average molecular weight is 345 g/mol. The van der Waals surface area contributed by atoms with Gasteiger partial charge in [-0.3, -0.25) is 4.79 Å². The number of rotatable bonds is 3. The number of fused-ring (bicyclic) bond motifs is 2. The topological polar surface area (TPSA) is 64.8 Å². The number of ether oxygens (including phenoxy) is 2. The maximum absolute atomic E-state index is 12.7. The van der Waals surface area contributed by atoms with Crippen LogP contribution in [-0.4, -0.2) is 23.6 Å². The van der Waals surface area contributed by atoms with Crippen molar-refractivity contribution in [2.24, 2.45) is 5.73 Å². The third kappa shape index (κ3) is 2.70. The summed E-state index contributed by atoms with van der Waals surface area (Å²) >= 11 is 6.27. The summed E-state index contributed by atoms with van der Waals surface area (Å²) in [5, 5.41) is 0.534. The average Bonchev–Trinajstić information content (AvgIpc) is 3.20. The van der Waals surface area contributed by atoms with Crippen molar-refractivity contribution in [2.75, 3.05) is 6.79 Å². The summed E-state index contributed by atoms with van der Waals surface area (Å²) in [5.41, 5.74) is 9.31. The molecule has 24 heavy (non-hydrogen) atoms. The van der Waals surface area contributed by atoms with Gasteiger partial charge in [0.1, 0.15) is 0 Å². The molecule has 2 aromatic carbocycles. The molecule has 1 amide bonds. The first-order valence-electron chi connectivity index (χ1n) is 7.81. The fourth-order valence-electron chi connectivity index (χ4n) is 3.16. The molecule has 5 nitrogen and oxygen atoms in total. The number of nitrogens with zero attached hydrogens (tertiary/aromatic N) is 1. The number of carbonyl (C=O) groups excluding carboxylic acids is 1. The van der Waals surface area contributed by atoms with Gasteiger partial charge in [0.05, 0.1) is 6.04 Å². The summed E-state index contributed by atoms with van der Waals surface area (Å²) in [5.74, 6) is 1.20. The molecule has 0 radical (unpaired) electrons. The number of hydrogen-bond donors (Lipinski definition) is 1. The minimum absolute atomic E-state index is 0.0695. The van der Waals surface area contributed by atoms with E-state index in [-0.39, 0.29) is 12.7 Å². The van der Waals surface area contributed by atoms with E-state index in [1.807, 2.05) is 24.3 Å². The Morgan fingerprint density at radius 2 is 1.79 bits per heavy atom. The monoisotopic (exact) mass is 344 g/mol. The van der Waals surface area contributed by atoms with Crippen molar-refractivity contribution in [1.82, 2.24) is 4.90 Å². The Morgan fingerprint density at radius 3 is 2.46 bits per heavy atom. The fraction of sp³-hybridized carbons (Fsp3) is 0.278. The van der Waals surface area contributed by atoms with Crippen LogP contribution in [0.3, 0.4) is 0 Å². The van der Waals surface area contributed by atoms with E-state index < -0.39 is 6.04 Å². The summed E-state index contributed by atoms with van der Waals surface area (Å²) in [6.07, 6.45) is 0.362. The van der Waals surface area contributed by atoms with Gasteiger partial charge >= 0.3 is 0 Å². The van der Waals surface area contributed by atoms with Crippen molar-refractivity contribution in [3.8, 4) is 11.5 Å². The third-order valence-electron chi connectivity index (χ3n) is 4.45. The van der Waals surface area contributed by atoms with Gasteiger partial charge in [0.15, 0.2) is 11.5 Å². The van der Waals surface area contributed by atoms with Gasteiger partial charge in [-0.1, -0.05) is 35.9 Å². The SMILES string of the molecule is NC(Cc1cc2c(cc1Cl)OCO2)C(=O)N1Cc2ccccc2C1. The molecule has 0 aliphatic carbocycles. The predicted octanol–water partition coefficient (Wildman–Crippen LogP) is 2.48. The number of nitrogens with two attached hydrogens (primary N) is 1. The van der Waals surface area contributed by atoms with Crippen LogP contribution in [0.5, 0.6) is 11.5 Å². The molecule has 0 saturated carbocycles. The first kappa shape index (κ1) is 15.3.